The van der Waals surface area contributed by atoms with Crippen LogP contribution in [-0.4, -0.2) is 43.5 Å². The third-order valence-corrected chi connectivity index (χ3v) is 7.50. The van der Waals surface area contributed by atoms with Crippen LogP contribution in [0.25, 0.3) is 39.2 Å². The predicted molar refractivity (Wildman–Crippen MR) is 160 cm³/mol. The summed E-state index contributed by atoms with van der Waals surface area (Å²) in [5.41, 5.74) is 5.92. The molecule has 4 aromatic carbocycles. The lowest BCUT2D eigenvalue weighted by Gasteiger charge is -2.13. The van der Waals surface area contributed by atoms with Crippen LogP contribution in [0, 0.1) is 0 Å². The van der Waals surface area contributed by atoms with Gasteiger partial charge in [0.25, 0.3) is 0 Å². The molecular formula is C32H25N5O2S. The Morgan fingerprint density at radius 1 is 0.850 bits per heavy atom. The number of hydrogen-bond acceptors (Lipinski definition) is 7. The molecule has 0 amide bonds. The first kappa shape index (κ1) is 25.3. The number of methoxy groups -OCH3 is 1. The Balaban J connectivity index is 1.48. The largest absolute Gasteiger partial charge is 0.497 e. The molecule has 0 saturated carbocycles. The lowest BCUT2D eigenvalue weighted by molar-refractivity contribution is 0.319. The molecule has 6 aromatic rings. The molecule has 196 valence electrons. The number of aromatic nitrogens is 4. The van der Waals surface area contributed by atoms with Crippen LogP contribution in [0.1, 0.15) is 5.56 Å². The van der Waals surface area contributed by atoms with Gasteiger partial charge in [-0.2, -0.15) is 0 Å². The van der Waals surface area contributed by atoms with Crippen molar-refractivity contribution in [2.45, 2.75) is 5.16 Å². The highest BCUT2D eigenvalue weighted by molar-refractivity contribution is 7.99. The number of oxime groups is 1. The molecule has 1 N–H and O–H groups in total. The molecule has 7 nitrogen and oxygen atoms in total. The fourth-order valence-corrected chi connectivity index (χ4v) is 5.46. The molecule has 2 heterocycles. The van der Waals surface area contributed by atoms with Crippen molar-refractivity contribution in [3.05, 3.63) is 121 Å². The third kappa shape index (κ3) is 5.04. The van der Waals surface area contributed by atoms with Crippen molar-refractivity contribution in [2.75, 3.05) is 12.9 Å². The van der Waals surface area contributed by atoms with E-state index in [9.17, 15) is 5.21 Å². The fourth-order valence-electron chi connectivity index (χ4n) is 4.55. The van der Waals surface area contributed by atoms with E-state index < -0.39 is 0 Å². The topological polar surface area (TPSA) is 85.4 Å². The summed E-state index contributed by atoms with van der Waals surface area (Å²) >= 11 is 1.46. The van der Waals surface area contributed by atoms with Crippen LogP contribution in [0.3, 0.4) is 0 Å². The highest BCUT2D eigenvalue weighted by Crippen LogP contribution is 2.35. The van der Waals surface area contributed by atoms with Crippen LogP contribution in [-0.2, 0) is 0 Å². The summed E-state index contributed by atoms with van der Waals surface area (Å²) in [4.78, 5) is 4.95. The van der Waals surface area contributed by atoms with E-state index in [1.807, 2.05) is 108 Å². The maximum absolute atomic E-state index is 9.73. The van der Waals surface area contributed by atoms with Crippen molar-refractivity contribution in [1.29, 1.82) is 0 Å². The smallest absolute Gasteiger partial charge is 0.196 e. The molecule has 0 radical (unpaired) electrons. The highest BCUT2D eigenvalue weighted by atomic mass is 32.2. The van der Waals surface area contributed by atoms with Crippen molar-refractivity contribution in [3.63, 3.8) is 0 Å². The van der Waals surface area contributed by atoms with Crippen LogP contribution in [0.5, 0.6) is 5.75 Å². The molecule has 0 atom stereocenters. The Labute approximate surface area is 235 Å². The van der Waals surface area contributed by atoms with Crippen LogP contribution < -0.4 is 4.74 Å². The van der Waals surface area contributed by atoms with Gasteiger partial charge in [-0.3, -0.25) is 4.57 Å². The summed E-state index contributed by atoms with van der Waals surface area (Å²) in [6, 6.07) is 37.6. The zero-order valence-corrected chi connectivity index (χ0v) is 22.5. The van der Waals surface area contributed by atoms with Gasteiger partial charge in [0.05, 0.1) is 24.0 Å². The Morgan fingerprint density at radius 2 is 1.55 bits per heavy atom. The number of ether oxygens (including phenoxy) is 1. The Kier molecular flexibility index (Phi) is 7.24. The number of rotatable bonds is 8. The van der Waals surface area contributed by atoms with E-state index in [4.69, 9.17) is 14.8 Å². The van der Waals surface area contributed by atoms with Crippen LogP contribution in [0.15, 0.2) is 126 Å². The molecule has 0 spiro atoms. The third-order valence-electron chi connectivity index (χ3n) is 6.56. The minimum Gasteiger partial charge on any atom is -0.497 e. The second-order valence-corrected chi connectivity index (χ2v) is 9.92. The molecule has 6 rings (SSSR count). The highest BCUT2D eigenvalue weighted by Gasteiger charge is 2.20. The van der Waals surface area contributed by atoms with E-state index in [-0.39, 0.29) is 0 Å². The van der Waals surface area contributed by atoms with E-state index in [0.29, 0.717) is 22.4 Å². The quantitative estimate of drug-likeness (QED) is 0.0951. The summed E-state index contributed by atoms with van der Waals surface area (Å²) in [6.45, 7) is 0. The molecule has 0 saturated heterocycles. The van der Waals surface area contributed by atoms with Crippen molar-refractivity contribution < 1.29 is 9.94 Å². The minimum absolute atomic E-state index is 0.416. The zero-order chi connectivity index (χ0) is 27.3. The monoisotopic (exact) mass is 543 g/mol. The lowest BCUT2D eigenvalue weighted by atomic mass is 10.0. The van der Waals surface area contributed by atoms with Gasteiger partial charge in [0.1, 0.15) is 5.75 Å². The van der Waals surface area contributed by atoms with Crippen molar-refractivity contribution in [3.8, 4) is 34.1 Å². The van der Waals surface area contributed by atoms with E-state index in [1.54, 1.807) is 7.11 Å². The number of pyridine rings is 1. The lowest BCUT2D eigenvalue weighted by Crippen LogP contribution is -2.06. The van der Waals surface area contributed by atoms with Gasteiger partial charge in [-0.15, -0.1) is 10.2 Å². The summed E-state index contributed by atoms with van der Waals surface area (Å²) in [5.74, 6) is 1.90. The normalized spacial score (nSPS) is 11.6. The van der Waals surface area contributed by atoms with Crippen molar-refractivity contribution >= 4 is 28.4 Å². The predicted octanol–water partition coefficient (Wildman–Crippen LogP) is 7.13. The van der Waals surface area contributed by atoms with Gasteiger partial charge >= 0.3 is 0 Å². The van der Waals surface area contributed by atoms with Gasteiger partial charge in [0.2, 0.25) is 0 Å². The van der Waals surface area contributed by atoms with Gasteiger partial charge in [-0.05, 0) is 48.5 Å². The number of nitrogens with zero attached hydrogens (tertiary/aromatic N) is 5. The second kappa shape index (κ2) is 11.4. The number of thioether (sulfide) groups is 1. The van der Waals surface area contributed by atoms with E-state index >= 15 is 0 Å². The summed E-state index contributed by atoms with van der Waals surface area (Å²) in [6.07, 6.45) is 0. The number of hydrogen-bond donors (Lipinski definition) is 1. The zero-order valence-electron chi connectivity index (χ0n) is 21.7. The Hall–Kier alpha value is -4.95. The molecule has 0 aliphatic heterocycles. The van der Waals surface area contributed by atoms with Crippen molar-refractivity contribution in [2.24, 2.45) is 5.16 Å². The summed E-state index contributed by atoms with van der Waals surface area (Å²) in [5, 5.41) is 24.3. The maximum atomic E-state index is 9.73. The first-order chi connectivity index (χ1) is 19.7. The molecule has 8 heteroatoms. The molecule has 0 fully saturated rings. The molecular weight excluding hydrogens is 518 g/mol. The summed E-state index contributed by atoms with van der Waals surface area (Å²) in [7, 11) is 1.66. The standard InChI is InChI=1S/C32H25N5O2S/c1-39-25-18-16-23(17-19-25)29-20-27(26-14-8-9-15-28(26)33-29)31-34-35-32(37(31)24-12-6-3-7-13-24)40-21-30(36-38)22-10-4-2-5-11-22/h2-20,38H,21H2,1H3/b36-30-. The minimum atomic E-state index is 0.416. The van der Waals surface area contributed by atoms with E-state index in [0.717, 1.165) is 44.7 Å². The Morgan fingerprint density at radius 3 is 2.27 bits per heavy atom. The van der Waals surface area contributed by atoms with Crippen LogP contribution in [0.4, 0.5) is 0 Å². The van der Waals surface area contributed by atoms with Gasteiger partial charge in [0, 0.05) is 33.5 Å². The molecule has 0 bridgehead atoms. The van der Waals surface area contributed by atoms with Gasteiger partial charge < -0.3 is 9.94 Å². The van der Waals surface area contributed by atoms with Gasteiger partial charge in [-0.25, -0.2) is 4.98 Å². The van der Waals surface area contributed by atoms with Gasteiger partial charge in [-0.1, -0.05) is 83.6 Å². The molecule has 0 aliphatic rings. The van der Waals surface area contributed by atoms with E-state index in [1.165, 1.54) is 11.8 Å². The number of para-hydroxylation sites is 2. The van der Waals surface area contributed by atoms with Gasteiger partial charge in [0.15, 0.2) is 11.0 Å². The number of benzene rings is 4. The average Bonchev–Trinajstić information content (AvgIpc) is 3.45. The fraction of sp³-hybridized carbons (Fsp3) is 0.0625. The molecule has 0 aliphatic carbocycles. The number of fused-ring (bicyclic) bond motifs is 1. The summed E-state index contributed by atoms with van der Waals surface area (Å²) < 4.78 is 7.39. The molecule has 2 aromatic heterocycles. The Bertz CT molecular complexity index is 1790. The first-order valence-electron chi connectivity index (χ1n) is 12.7. The van der Waals surface area contributed by atoms with E-state index in [2.05, 4.69) is 22.4 Å². The molecule has 40 heavy (non-hydrogen) atoms. The average molecular weight is 544 g/mol. The first-order valence-corrected chi connectivity index (χ1v) is 13.7. The second-order valence-electron chi connectivity index (χ2n) is 8.98. The SMILES string of the molecule is COc1ccc(-c2cc(-c3nnc(SC/C(=N/O)c4ccccc4)n3-c3ccccc3)c3ccccc3n2)cc1. The maximum Gasteiger partial charge on any atom is 0.196 e. The van der Waals surface area contributed by atoms with Crippen molar-refractivity contribution in [1.82, 2.24) is 19.7 Å². The molecule has 0 unspecified atom stereocenters. The van der Waals surface area contributed by atoms with Crippen LogP contribution in [0.2, 0.25) is 0 Å². The van der Waals surface area contributed by atoms with Crippen LogP contribution >= 0.6 is 11.8 Å².